The van der Waals surface area contributed by atoms with Gasteiger partial charge in [0.05, 0.1) is 6.61 Å². The van der Waals surface area contributed by atoms with Gasteiger partial charge in [0.25, 0.3) is 0 Å². The third kappa shape index (κ3) is 6.11. The first-order chi connectivity index (χ1) is 9.19. The standard InChI is InChI=1S/C13H17BrF3NO2/c1-8-5-11(14)7-10(6-9(2)18)12(8)19-3-4-20-13(15,16)17/h5,7,9H,3-4,6,18H2,1-2H3. The summed E-state index contributed by atoms with van der Waals surface area (Å²) in [4.78, 5) is 0. The van der Waals surface area contributed by atoms with Crippen molar-refractivity contribution >= 4 is 15.9 Å². The summed E-state index contributed by atoms with van der Waals surface area (Å²) in [5.74, 6) is 0.566. The van der Waals surface area contributed by atoms with Gasteiger partial charge in [-0.05, 0) is 43.5 Å². The molecule has 3 nitrogen and oxygen atoms in total. The third-order valence-electron chi connectivity index (χ3n) is 2.45. The van der Waals surface area contributed by atoms with Crippen LogP contribution in [0.3, 0.4) is 0 Å². The van der Waals surface area contributed by atoms with Crippen LogP contribution in [-0.4, -0.2) is 25.6 Å². The molecule has 7 heteroatoms. The second-order valence-corrected chi connectivity index (χ2v) is 5.45. The summed E-state index contributed by atoms with van der Waals surface area (Å²) in [5, 5.41) is 0. The zero-order chi connectivity index (χ0) is 15.3. The van der Waals surface area contributed by atoms with Crippen molar-refractivity contribution in [2.45, 2.75) is 32.7 Å². The fourth-order valence-corrected chi connectivity index (χ4v) is 2.43. The maximum Gasteiger partial charge on any atom is 0.522 e. The largest absolute Gasteiger partial charge is 0.522 e. The van der Waals surface area contributed by atoms with Gasteiger partial charge in [-0.2, -0.15) is 0 Å². The lowest BCUT2D eigenvalue weighted by Crippen LogP contribution is -2.20. The van der Waals surface area contributed by atoms with Crippen molar-refractivity contribution in [2.24, 2.45) is 5.73 Å². The van der Waals surface area contributed by atoms with Gasteiger partial charge in [0.1, 0.15) is 12.4 Å². The predicted octanol–water partition coefficient (Wildman–Crippen LogP) is 3.56. The molecular formula is C13H17BrF3NO2. The number of nitrogens with two attached hydrogens (primary N) is 1. The molecule has 0 saturated heterocycles. The van der Waals surface area contributed by atoms with Gasteiger partial charge in [0.2, 0.25) is 0 Å². The Hall–Kier alpha value is -0.790. The molecule has 0 bridgehead atoms. The summed E-state index contributed by atoms with van der Waals surface area (Å²) < 4.78 is 45.6. The number of rotatable bonds is 6. The average molecular weight is 356 g/mol. The van der Waals surface area contributed by atoms with Crippen molar-refractivity contribution in [1.82, 2.24) is 0 Å². The van der Waals surface area contributed by atoms with Crippen LogP contribution in [-0.2, 0) is 11.2 Å². The maximum atomic E-state index is 11.9. The van der Waals surface area contributed by atoms with Crippen LogP contribution in [0.15, 0.2) is 16.6 Å². The van der Waals surface area contributed by atoms with E-state index in [1.54, 1.807) is 0 Å². The van der Waals surface area contributed by atoms with Gasteiger partial charge in [-0.15, -0.1) is 13.2 Å². The second kappa shape index (κ2) is 7.28. The predicted molar refractivity (Wildman–Crippen MR) is 73.7 cm³/mol. The van der Waals surface area contributed by atoms with Crippen LogP contribution in [0, 0.1) is 6.92 Å². The van der Waals surface area contributed by atoms with Crippen molar-refractivity contribution in [3.8, 4) is 5.75 Å². The Morgan fingerprint density at radius 3 is 2.50 bits per heavy atom. The number of ether oxygens (including phenoxy) is 2. The summed E-state index contributed by atoms with van der Waals surface area (Å²) >= 11 is 3.38. The zero-order valence-corrected chi connectivity index (χ0v) is 12.8. The zero-order valence-electron chi connectivity index (χ0n) is 11.3. The van der Waals surface area contributed by atoms with Crippen LogP contribution in [0.2, 0.25) is 0 Å². The highest BCUT2D eigenvalue weighted by molar-refractivity contribution is 9.10. The van der Waals surface area contributed by atoms with Gasteiger partial charge in [-0.3, -0.25) is 4.74 Å². The molecule has 114 valence electrons. The molecule has 0 radical (unpaired) electrons. The Morgan fingerprint density at radius 1 is 1.30 bits per heavy atom. The third-order valence-corrected chi connectivity index (χ3v) is 2.91. The highest BCUT2D eigenvalue weighted by Crippen LogP contribution is 2.29. The van der Waals surface area contributed by atoms with E-state index in [1.165, 1.54) is 0 Å². The van der Waals surface area contributed by atoms with E-state index < -0.39 is 13.0 Å². The summed E-state index contributed by atoms with van der Waals surface area (Å²) in [7, 11) is 0. The Balaban J connectivity index is 2.72. The van der Waals surface area contributed by atoms with E-state index in [0.717, 1.165) is 15.6 Å². The SMILES string of the molecule is Cc1cc(Br)cc(CC(C)N)c1OCCOC(F)(F)F. The Labute approximate surface area is 124 Å². The van der Waals surface area contributed by atoms with Gasteiger partial charge >= 0.3 is 6.36 Å². The number of halogens is 4. The molecule has 0 aliphatic rings. The Bertz CT molecular complexity index is 450. The minimum Gasteiger partial charge on any atom is -0.491 e. The summed E-state index contributed by atoms with van der Waals surface area (Å²) in [5.41, 5.74) is 7.46. The van der Waals surface area contributed by atoms with Crippen LogP contribution in [0.5, 0.6) is 5.75 Å². The van der Waals surface area contributed by atoms with E-state index in [0.29, 0.717) is 12.2 Å². The number of aryl methyl sites for hydroxylation is 1. The van der Waals surface area contributed by atoms with E-state index in [9.17, 15) is 13.2 Å². The molecule has 0 fully saturated rings. The molecule has 0 aliphatic heterocycles. The fourth-order valence-electron chi connectivity index (χ4n) is 1.81. The first kappa shape index (κ1) is 17.3. The van der Waals surface area contributed by atoms with E-state index in [4.69, 9.17) is 10.5 Å². The van der Waals surface area contributed by atoms with Gasteiger partial charge in [0.15, 0.2) is 0 Å². The number of hydrogen-bond donors (Lipinski definition) is 1. The lowest BCUT2D eigenvalue weighted by atomic mass is 10.0. The molecule has 0 saturated carbocycles. The monoisotopic (exact) mass is 355 g/mol. The minimum atomic E-state index is -4.63. The van der Waals surface area contributed by atoms with Crippen LogP contribution in [0.4, 0.5) is 13.2 Å². The van der Waals surface area contributed by atoms with Crippen LogP contribution < -0.4 is 10.5 Å². The molecule has 1 rings (SSSR count). The average Bonchev–Trinajstić information content (AvgIpc) is 2.24. The molecule has 0 aromatic heterocycles. The molecule has 1 aromatic carbocycles. The molecule has 0 amide bonds. The topological polar surface area (TPSA) is 44.5 Å². The molecule has 1 unspecified atom stereocenters. The molecule has 0 aliphatic carbocycles. The second-order valence-electron chi connectivity index (χ2n) is 4.54. The lowest BCUT2D eigenvalue weighted by Gasteiger charge is -2.16. The van der Waals surface area contributed by atoms with Gasteiger partial charge in [0, 0.05) is 10.5 Å². The van der Waals surface area contributed by atoms with E-state index in [2.05, 4.69) is 20.7 Å². The molecule has 0 spiro atoms. The normalized spacial score (nSPS) is 13.3. The van der Waals surface area contributed by atoms with E-state index in [1.807, 2.05) is 26.0 Å². The number of alkyl halides is 3. The highest BCUT2D eigenvalue weighted by atomic mass is 79.9. The summed E-state index contributed by atoms with van der Waals surface area (Å²) in [6.07, 6.45) is -4.05. The van der Waals surface area contributed by atoms with Gasteiger partial charge in [-0.1, -0.05) is 15.9 Å². The Kier molecular flexibility index (Phi) is 6.29. The maximum absolute atomic E-state index is 11.9. The van der Waals surface area contributed by atoms with Crippen molar-refractivity contribution in [3.05, 3.63) is 27.7 Å². The molecule has 1 aromatic rings. The molecular weight excluding hydrogens is 339 g/mol. The quantitative estimate of drug-likeness (QED) is 0.793. The summed E-state index contributed by atoms with van der Waals surface area (Å²) in [6, 6.07) is 3.62. The summed E-state index contributed by atoms with van der Waals surface area (Å²) in [6.45, 7) is 2.97. The van der Waals surface area contributed by atoms with Gasteiger partial charge < -0.3 is 10.5 Å². The molecule has 0 heterocycles. The van der Waals surface area contributed by atoms with Crippen LogP contribution in [0.1, 0.15) is 18.1 Å². The first-order valence-corrected chi connectivity index (χ1v) is 6.86. The molecule has 2 N–H and O–H groups in total. The van der Waals surface area contributed by atoms with Crippen LogP contribution in [0.25, 0.3) is 0 Å². The van der Waals surface area contributed by atoms with Crippen molar-refractivity contribution in [3.63, 3.8) is 0 Å². The highest BCUT2D eigenvalue weighted by Gasteiger charge is 2.28. The minimum absolute atomic E-state index is 0.0718. The van der Waals surface area contributed by atoms with Gasteiger partial charge in [-0.25, -0.2) is 0 Å². The number of hydrogen-bond acceptors (Lipinski definition) is 3. The van der Waals surface area contributed by atoms with Crippen molar-refractivity contribution in [1.29, 1.82) is 0 Å². The number of benzene rings is 1. The molecule has 20 heavy (non-hydrogen) atoms. The van der Waals surface area contributed by atoms with Crippen molar-refractivity contribution in [2.75, 3.05) is 13.2 Å². The van der Waals surface area contributed by atoms with E-state index in [-0.39, 0.29) is 12.6 Å². The fraction of sp³-hybridized carbons (Fsp3) is 0.538. The first-order valence-electron chi connectivity index (χ1n) is 6.07. The van der Waals surface area contributed by atoms with Crippen LogP contribution >= 0.6 is 15.9 Å². The lowest BCUT2D eigenvalue weighted by molar-refractivity contribution is -0.325. The van der Waals surface area contributed by atoms with Crippen molar-refractivity contribution < 1.29 is 22.6 Å². The Morgan fingerprint density at radius 2 is 1.95 bits per heavy atom. The van der Waals surface area contributed by atoms with E-state index >= 15 is 0 Å². The smallest absolute Gasteiger partial charge is 0.491 e. The molecule has 1 atom stereocenters.